The maximum absolute atomic E-state index is 12.2. The van der Waals surface area contributed by atoms with Crippen molar-refractivity contribution in [3.05, 3.63) is 18.2 Å². The van der Waals surface area contributed by atoms with E-state index in [-0.39, 0.29) is 29.2 Å². The largest absolute Gasteiger partial charge is 0.356 e. The van der Waals surface area contributed by atoms with Gasteiger partial charge in [0.1, 0.15) is 5.82 Å². The molecule has 1 aliphatic heterocycles. The fraction of sp³-hybridized carbons (Fsp3) is 0.600. The molecule has 2 aromatic rings. The van der Waals surface area contributed by atoms with E-state index < -0.39 is 0 Å². The second-order valence-electron chi connectivity index (χ2n) is 8.84. The highest BCUT2D eigenvalue weighted by molar-refractivity contribution is 5.92. The van der Waals surface area contributed by atoms with Gasteiger partial charge in [-0.1, -0.05) is 26.8 Å². The van der Waals surface area contributed by atoms with Crippen LogP contribution < -0.4 is 15.5 Å². The van der Waals surface area contributed by atoms with Crippen LogP contribution in [0.25, 0.3) is 5.65 Å². The summed E-state index contributed by atoms with van der Waals surface area (Å²) in [5.74, 6) is 1.54. The zero-order chi connectivity index (χ0) is 19.9. The van der Waals surface area contributed by atoms with Gasteiger partial charge in [0.25, 0.3) is 0 Å². The lowest BCUT2D eigenvalue weighted by molar-refractivity contribution is -0.129. The van der Waals surface area contributed by atoms with Gasteiger partial charge in [0.05, 0.1) is 0 Å². The molecular formula is C20H28N6O2. The van der Waals surface area contributed by atoms with Crippen LogP contribution in [0.15, 0.2) is 18.2 Å². The van der Waals surface area contributed by atoms with Crippen molar-refractivity contribution in [2.24, 2.45) is 11.3 Å². The topological polar surface area (TPSA) is 91.6 Å². The minimum Gasteiger partial charge on any atom is -0.356 e. The molecular weight excluding hydrogens is 356 g/mol. The van der Waals surface area contributed by atoms with E-state index in [1.54, 1.807) is 4.52 Å². The van der Waals surface area contributed by atoms with Crippen molar-refractivity contribution in [3.8, 4) is 0 Å². The zero-order valence-corrected chi connectivity index (χ0v) is 16.7. The van der Waals surface area contributed by atoms with Gasteiger partial charge < -0.3 is 10.2 Å². The summed E-state index contributed by atoms with van der Waals surface area (Å²) < 4.78 is 1.79. The van der Waals surface area contributed by atoms with Crippen molar-refractivity contribution in [3.63, 3.8) is 0 Å². The summed E-state index contributed by atoms with van der Waals surface area (Å²) in [7, 11) is 0. The van der Waals surface area contributed by atoms with Crippen LogP contribution >= 0.6 is 0 Å². The number of aromatic nitrogens is 3. The number of pyridine rings is 1. The Kier molecular flexibility index (Phi) is 4.72. The first-order valence-electron chi connectivity index (χ1n) is 10.0. The maximum Gasteiger partial charge on any atom is 0.249 e. The molecule has 8 nitrogen and oxygen atoms in total. The summed E-state index contributed by atoms with van der Waals surface area (Å²) in [6, 6.07) is 6.06. The van der Waals surface area contributed by atoms with Crippen LogP contribution in [0.1, 0.15) is 46.5 Å². The molecule has 4 rings (SSSR count). The van der Waals surface area contributed by atoms with E-state index in [1.165, 1.54) is 0 Å². The van der Waals surface area contributed by atoms with Crippen molar-refractivity contribution in [2.75, 3.05) is 23.3 Å². The van der Waals surface area contributed by atoms with Gasteiger partial charge in [-0.05, 0) is 37.8 Å². The van der Waals surface area contributed by atoms with Gasteiger partial charge in [-0.2, -0.15) is 9.50 Å². The first-order chi connectivity index (χ1) is 13.3. The highest BCUT2D eigenvalue weighted by Gasteiger charge is 2.31. The van der Waals surface area contributed by atoms with Crippen LogP contribution in [0.2, 0.25) is 0 Å². The number of hydrogen-bond acceptors (Lipinski definition) is 5. The lowest BCUT2D eigenvalue weighted by atomic mass is 9.94. The summed E-state index contributed by atoms with van der Waals surface area (Å²) in [6.45, 7) is 7.46. The molecule has 3 heterocycles. The molecule has 2 aromatic heterocycles. The number of hydrogen-bond donors (Lipinski definition) is 2. The van der Waals surface area contributed by atoms with E-state index >= 15 is 0 Å². The smallest absolute Gasteiger partial charge is 0.249 e. The van der Waals surface area contributed by atoms with Crippen LogP contribution in [-0.4, -0.2) is 45.5 Å². The van der Waals surface area contributed by atoms with Gasteiger partial charge in [0, 0.05) is 30.5 Å². The van der Waals surface area contributed by atoms with Crippen molar-refractivity contribution < 1.29 is 9.59 Å². The highest BCUT2D eigenvalue weighted by atomic mass is 16.2. The molecule has 1 saturated heterocycles. The van der Waals surface area contributed by atoms with Gasteiger partial charge in [0.15, 0.2) is 5.65 Å². The Bertz CT molecular complexity index is 888. The summed E-state index contributed by atoms with van der Waals surface area (Å²) in [4.78, 5) is 30.9. The number of anilines is 2. The van der Waals surface area contributed by atoms with Crippen LogP contribution in [0, 0.1) is 11.3 Å². The first kappa shape index (κ1) is 18.7. The Balaban J connectivity index is 1.44. The second kappa shape index (κ2) is 7.07. The first-order valence-corrected chi connectivity index (χ1v) is 10.0. The van der Waals surface area contributed by atoms with Gasteiger partial charge in [-0.25, -0.2) is 0 Å². The number of carbonyl (C=O) groups excluding carboxylic acids is 2. The van der Waals surface area contributed by atoms with Crippen LogP contribution in [0.5, 0.6) is 0 Å². The second-order valence-corrected chi connectivity index (χ2v) is 8.84. The normalized spacial score (nSPS) is 18.3. The van der Waals surface area contributed by atoms with Gasteiger partial charge in [-0.15, -0.1) is 5.10 Å². The molecule has 1 saturated carbocycles. The Labute approximate surface area is 164 Å². The molecule has 2 fully saturated rings. The third kappa shape index (κ3) is 3.95. The van der Waals surface area contributed by atoms with Crippen LogP contribution in [-0.2, 0) is 9.59 Å². The number of piperidine rings is 1. The molecule has 2 N–H and O–H groups in total. The van der Waals surface area contributed by atoms with Crippen molar-refractivity contribution >= 4 is 29.2 Å². The summed E-state index contributed by atoms with van der Waals surface area (Å²) in [6.07, 6.45) is 3.67. The van der Waals surface area contributed by atoms with E-state index in [2.05, 4.69) is 25.6 Å². The fourth-order valence-corrected chi connectivity index (χ4v) is 3.40. The predicted octanol–water partition coefficient (Wildman–Crippen LogP) is 2.21. The SMILES string of the molecule is CC(C)(C)C(=O)NC1CCN(c2cccc3nc(NC(=O)C4CC4)nn23)CC1. The molecule has 0 unspecified atom stereocenters. The highest BCUT2D eigenvalue weighted by Crippen LogP contribution is 2.30. The number of fused-ring (bicyclic) bond motifs is 1. The quantitative estimate of drug-likeness (QED) is 0.843. The van der Waals surface area contributed by atoms with Gasteiger partial charge in [0.2, 0.25) is 17.8 Å². The average molecular weight is 384 g/mol. The van der Waals surface area contributed by atoms with E-state index in [0.29, 0.717) is 11.6 Å². The van der Waals surface area contributed by atoms with E-state index in [1.807, 2.05) is 39.0 Å². The number of carbonyl (C=O) groups is 2. The zero-order valence-electron chi connectivity index (χ0n) is 16.7. The Hall–Kier alpha value is -2.64. The molecule has 1 aliphatic carbocycles. The molecule has 2 aliphatic rings. The molecule has 2 amide bonds. The molecule has 8 heteroatoms. The molecule has 0 bridgehead atoms. The monoisotopic (exact) mass is 384 g/mol. The summed E-state index contributed by atoms with van der Waals surface area (Å²) >= 11 is 0. The molecule has 0 aromatic carbocycles. The molecule has 28 heavy (non-hydrogen) atoms. The molecule has 0 spiro atoms. The Morgan fingerprint density at radius 1 is 1.11 bits per heavy atom. The van der Waals surface area contributed by atoms with Gasteiger partial charge >= 0.3 is 0 Å². The Morgan fingerprint density at radius 2 is 1.82 bits per heavy atom. The summed E-state index contributed by atoms with van der Waals surface area (Å²) in [5, 5.41) is 10.5. The van der Waals surface area contributed by atoms with Crippen LogP contribution in [0.4, 0.5) is 11.8 Å². The van der Waals surface area contributed by atoms with Crippen molar-refractivity contribution in [1.82, 2.24) is 19.9 Å². The Morgan fingerprint density at radius 3 is 2.46 bits per heavy atom. The number of nitrogens with zero attached hydrogens (tertiary/aromatic N) is 4. The number of nitrogens with one attached hydrogen (secondary N) is 2. The molecule has 0 atom stereocenters. The lowest BCUT2D eigenvalue weighted by Crippen LogP contribution is -2.48. The third-order valence-electron chi connectivity index (χ3n) is 5.36. The van der Waals surface area contributed by atoms with E-state index in [9.17, 15) is 9.59 Å². The average Bonchev–Trinajstić information content (AvgIpc) is 3.41. The predicted molar refractivity (Wildman–Crippen MR) is 107 cm³/mol. The van der Waals surface area contributed by atoms with Crippen LogP contribution in [0.3, 0.4) is 0 Å². The standard InChI is InChI=1S/C20H28N6O2/c1-20(2,3)18(28)21-14-9-11-25(12-10-14)16-6-4-5-15-22-19(24-26(15)16)23-17(27)13-7-8-13/h4-6,13-14H,7-12H2,1-3H3,(H,21,28)(H,23,24,27). The van der Waals surface area contributed by atoms with Crippen molar-refractivity contribution in [1.29, 1.82) is 0 Å². The molecule has 150 valence electrons. The fourth-order valence-electron chi connectivity index (χ4n) is 3.40. The lowest BCUT2D eigenvalue weighted by Gasteiger charge is -2.34. The third-order valence-corrected chi connectivity index (χ3v) is 5.36. The summed E-state index contributed by atoms with van der Waals surface area (Å²) in [5.41, 5.74) is 0.344. The number of amides is 2. The van der Waals surface area contributed by atoms with E-state index in [4.69, 9.17) is 0 Å². The van der Waals surface area contributed by atoms with Gasteiger partial charge in [-0.3, -0.25) is 14.9 Å². The minimum atomic E-state index is -0.370. The minimum absolute atomic E-state index is 0.00728. The van der Waals surface area contributed by atoms with Crippen molar-refractivity contribution in [2.45, 2.75) is 52.5 Å². The maximum atomic E-state index is 12.2. The van der Waals surface area contributed by atoms with E-state index in [0.717, 1.165) is 44.6 Å². The molecule has 0 radical (unpaired) electrons. The number of rotatable bonds is 4.